The van der Waals surface area contributed by atoms with E-state index in [1.165, 1.54) is 0 Å². The lowest BCUT2D eigenvalue weighted by Crippen LogP contribution is -2.24. The van der Waals surface area contributed by atoms with E-state index >= 15 is 0 Å². The van der Waals surface area contributed by atoms with E-state index in [1.807, 2.05) is 0 Å². The Labute approximate surface area is 103 Å². The molecule has 0 aliphatic heterocycles. The molecule has 2 aromatic heterocycles. The molecule has 0 fully saturated rings. The number of hydrogen-bond donors (Lipinski definition) is 2. The van der Waals surface area contributed by atoms with Crippen molar-refractivity contribution < 1.29 is 13.6 Å². The number of furan rings is 1. The number of rotatable bonds is 3. The maximum atomic E-state index is 13.0. The van der Waals surface area contributed by atoms with E-state index in [4.69, 9.17) is 10.2 Å². The van der Waals surface area contributed by atoms with Crippen molar-refractivity contribution >= 4 is 11.7 Å². The largest absolute Gasteiger partial charge is 0.465 e. The van der Waals surface area contributed by atoms with Gasteiger partial charge in [0.1, 0.15) is 23.2 Å². The van der Waals surface area contributed by atoms with Crippen LogP contribution in [-0.4, -0.2) is 10.9 Å². The molecule has 2 rings (SSSR count). The van der Waals surface area contributed by atoms with Gasteiger partial charge in [0, 0.05) is 0 Å². The fourth-order valence-electron chi connectivity index (χ4n) is 1.47. The van der Waals surface area contributed by atoms with Gasteiger partial charge in [-0.15, -0.1) is 0 Å². The highest BCUT2D eigenvalue weighted by molar-refractivity contribution is 5.98. The predicted molar refractivity (Wildman–Crippen MR) is 63.2 cm³/mol. The van der Waals surface area contributed by atoms with Crippen molar-refractivity contribution in [2.45, 2.75) is 13.5 Å². The molecular formula is C12H12FN3O2. The third-order valence-corrected chi connectivity index (χ3v) is 2.35. The van der Waals surface area contributed by atoms with Gasteiger partial charge in [-0.2, -0.15) is 0 Å². The average Bonchev–Trinajstić information content (AvgIpc) is 2.75. The number of aryl methyl sites for hydroxylation is 1. The van der Waals surface area contributed by atoms with Gasteiger partial charge in [-0.1, -0.05) is 0 Å². The number of hydrogen-bond acceptors (Lipinski definition) is 4. The maximum Gasteiger partial charge on any atom is 0.255 e. The first-order valence-electron chi connectivity index (χ1n) is 5.31. The van der Waals surface area contributed by atoms with Gasteiger partial charge in [0.15, 0.2) is 0 Å². The van der Waals surface area contributed by atoms with Gasteiger partial charge in [-0.05, 0) is 25.1 Å². The average molecular weight is 249 g/mol. The quantitative estimate of drug-likeness (QED) is 0.866. The molecule has 6 heteroatoms. The number of halogens is 1. The number of carbonyl (C=O) groups excluding carboxylic acids is 1. The molecule has 0 aliphatic carbocycles. The van der Waals surface area contributed by atoms with Crippen LogP contribution in [0.25, 0.3) is 0 Å². The van der Waals surface area contributed by atoms with Gasteiger partial charge in [-0.3, -0.25) is 4.79 Å². The number of carbonyl (C=O) groups is 1. The third-order valence-electron chi connectivity index (χ3n) is 2.35. The molecule has 0 aliphatic rings. The molecular weight excluding hydrogens is 237 g/mol. The topological polar surface area (TPSA) is 81.2 Å². The molecule has 0 bridgehead atoms. The Kier molecular flexibility index (Phi) is 3.27. The van der Waals surface area contributed by atoms with Crippen molar-refractivity contribution in [3.05, 3.63) is 47.3 Å². The van der Waals surface area contributed by atoms with E-state index in [1.54, 1.807) is 19.1 Å². The fraction of sp³-hybridized carbons (Fsp3) is 0.167. The second kappa shape index (κ2) is 4.87. The number of nitrogens with zero attached hydrogens (tertiary/aromatic N) is 1. The second-order valence-electron chi connectivity index (χ2n) is 3.78. The van der Waals surface area contributed by atoms with E-state index in [-0.39, 0.29) is 17.9 Å². The van der Waals surface area contributed by atoms with Crippen molar-refractivity contribution in [1.82, 2.24) is 10.3 Å². The molecule has 3 N–H and O–H groups in total. The summed E-state index contributed by atoms with van der Waals surface area (Å²) in [6, 6.07) is 4.59. The third kappa shape index (κ3) is 2.65. The minimum Gasteiger partial charge on any atom is -0.465 e. The second-order valence-corrected chi connectivity index (χ2v) is 3.78. The monoisotopic (exact) mass is 249 g/mol. The Hall–Kier alpha value is -2.37. The van der Waals surface area contributed by atoms with Crippen LogP contribution in [0, 0.1) is 12.7 Å². The Morgan fingerprint density at radius 3 is 3.00 bits per heavy atom. The maximum absolute atomic E-state index is 13.0. The number of nitrogen functional groups attached to an aromatic ring is 1. The van der Waals surface area contributed by atoms with Crippen LogP contribution < -0.4 is 11.1 Å². The Morgan fingerprint density at radius 2 is 2.33 bits per heavy atom. The van der Waals surface area contributed by atoms with Crippen molar-refractivity contribution in [1.29, 1.82) is 0 Å². The Balaban J connectivity index is 2.05. The zero-order chi connectivity index (χ0) is 13.1. The lowest BCUT2D eigenvalue weighted by Gasteiger charge is -2.05. The molecule has 0 radical (unpaired) electrons. The summed E-state index contributed by atoms with van der Waals surface area (Å²) in [5.41, 5.74) is 5.51. The highest BCUT2D eigenvalue weighted by Crippen LogP contribution is 2.11. The zero-order valence-electron chi connectivity index (χ0n) is 9.74. The lowest BCUT2D eigenvalue weighted by atomic mass is 10.2. The van der Waals surface area contributed by atoms with Crippen LogP contribution in [0.4, 0.5) is 10.2 Å². The summed E-state index contributed by atoms with van der Waals surface area (Å²) in [6.45, 7) is 2.02. The molecule has 2 aromatic rings. The number of nitrogens with two attached hydrogens (primary N) is 1. The van der Waals surface area contributed by atoms with Crippen LogP contribution in [0.2, 0.25) is 0 Å². The fourth-order valence-corrected chi connectivity index (χ4v) is 1.47. The van der Waals surface area contributed by atoms with Crippen molar-refractivity contribution in [2.24, 2.45) is 0 Å². The Bertz CT molecular complexity index is 580. The summed E-state index contributed by atoms with van der Waals surface area (Å²) < 4.78 is 18.2. The van der Waals surface area contributed by atoms with Crippen molar-refractivity contribution in [2.75, 3.05) is 5.73 Å². The minimum absolute atomic E-state index is 0.00970. The summed E-state index contributed by atoms with van der Waals surface area (Å²) >= 11 is 0. The van der Waals surface area contributed by atoms with Gasteiger partial charge in [0.25, 0.3) is 5.91 Å². The summed E-state index contributed by atoms with van der Waals surface area (Å²) in [4.78, 5) is 15.3. The molecule has 94 valence electrons. The number of pyridine rings is 1. The van der Waals surface area contributed by atoms with Crippen LogP contribution in [0.15, 0.2) is 28.8 Å². The molecule has 0 atom stereocenters. The normalized spacial score (nSPS) is 10.3. The predicted octanol–water partition coefficient (Wildman–Crippen LogP) is 1.63. The van der Waals surface area contributed by atoms with Gasteiger partial charge >= 0.3 is 0 Å². The first-order chi connectivity index (χ1) is 8.56. The Morgan fingerprint density at radius 1 is 1.56 bits per heavy atom. The van der Waals surface area contributed by atoms with Crippen LogP contribution in [0.3, 0.4) is 0 Å². The highest BCUT2D eigenvalue weighted by atomic mass is 19.1. The number of amides is 1. The van der Waals surface area contributed by atoms with Gasteiger partial charge in [-0.25, -0.2) is 9.37 Å². The van der Waals surface area contributed by atoms with Crippen LogP contribution in [-0.2, 0) is 6.54 Å². The first-order valence-corrected chi connectivity index (χ1v) is 5.31. The van der Waals surface area contributed by atoms with E-state index in [9.17, 15) is 9.18 Å². The summed E-state index contributed by atoms with van der Waals surface area (Å²) in [5.74, 6) is 0.260. The van der Waals surface area contributed by atoms with Gasteiger partial charge in [0.05, 0.1) is 18.3 Å². The molecule has 0 saturated carbocycles. The first kappa shape index (κ1) is 12.1. The standard InChI is InChI=1S/C12H12FN3O2/c1-7-2-3-9(18-7)6-16-12(17)10-4-8(13)5-15-11(10)14/h2-5H,6H2,1H3,(H2,14,15)(H,16,17). The van der Waals surface area contributed by atoms with E-state index in [0.29, 0.717) is 5.76 Å². The summed E-state index contributed by atoms with van der Waals surface area (Å²) in [7, 11) is 0. The van der Waals surface area contributed by atoms with Crippen LogP contribution >= 0.6 is 0 Å². The number of aromatic nitrogens is 1. The van der Waals surface area contributed by atoms with Crippen LogP contribution in [0.1, 0.15) is 21.9 Å². The lowest BCUT2D eigenvalue weighted by molar-refractivity contribution is 0.0948. The molecule has 2 heterocycles. The molecule has 5 nitrogen and oxygen atoms in total. The number of nitrogens with one attached hydrogen (secondary N) is 1. The summed E-state index contributed by atoms with van der Waals surface area (Å²) in [6.07, 6.45) is 0.960. The molecule has 1 amide bonds. The molecule has 18 heavy (non-hydrogen) atoms. The molecule has 0 saturated heterocycles. The molecule has 0 spiro atoms. The zero-order valence-corrected chi connectivity index (χ0v) is 9.74. The SMILES string of the molecule is Cc1ccc(CNC(=O)c2cc(F)cnc2N)o1. The van der Waals surface area contributed by atoms with Crippen molar-refractivity contribution in [3.8, 4) is 0 Å². The van der Waals surface area contributed by atoms with Gasteiger partial charge < -0.3 is 15.5 Å². The molecule has 0 unspecified atom stereocenters. The molecule has 0 aromatic carbocycles. The van der Waals surface area contributed by atoms with Gasteiger partial charge in [0.2, 0.25) is 0 Å². The minimum atomic E-state index is -0.608. The van der Waals surface area contributed by atoms with E-state index in [2.05, 4.69) is 10.3 Å². The smallest absolute Gasteiger partial charge is 0.255 e. The van der Waals surface area contributed by atoms with Crippen molar-refractivity contribution in [3.63, 3.8) is 0 Å². The highest BCUT2D eigenvalue weighted by Gasteiger charge is 2.12. The van der Waals surface area contributed by atoms with E-state index in [0.717, 1.165) is 18.0 Å². The number of anilines is 1. The van der Waals surface area contributed by atoms with Crippen LogP contribution in [0.5, 0.6) is 0 Å². The van der Waals surface area contributed by atoms with E-state index < -0.39 is 11.7 Å². The summed E-state index contributed by atoms with van der Waals surface area (Å²) in [5, 5.41) is 2.58.